The molecule has 1 aliphatic carbocycles. The van der Waals surface area contributed by atoms with E-state index in [9.17, 15) is 14.4 Å². The summed E-state index contributed by atoms with van der Waals surface area (Å²) in [7, 11) is 0. The van der Waals surface area contributed by atoms with Crippen LogP contribution in [0.15, 0.2) is 29.6 Å². The highest BCUT2D eigenvalue weighted by molar-refractivity contribution is 7.13. The number of aromatic nitrogens is 1. The summed E-state index contributed by atoms with van der Waals surface area (Å²) in [5, 5.41) is 13.7. The fourth-order valence-corrected chi connectivity index (χ4v) is 4.09. The molecule has 0 bridgehead atoms. The monoisotopic (exact) mass is 429 g/mol. The predicted molar refractivity (Wildman–Crippen MR) is 119 cm³/mol. The van der Waals surface area contributed by atoms with Gasteiger partial charge in [-0.05, 0) is 43.5 Å². The lowest BCUT2D eigenvalue weighted by molar-refractivity contribution is -0.116. The van der Waals surface area contributed by atoms with Gasteiger partial charge >= 0.3 is 6.03 Å². The Morgan fingerprint density at radius 1 is 1.00 bits per heavy atom. The van der Waals surface area contributed by atoms with E-state index in [0.29, 0.717) is 22.9 Å². The summed E-state index contributed by atoms with van der Waals surface area (Å²) < 4.78 is 0. The van der Waals surface area contributed by atoms with Crippen molar-refractivity contribution in [2.75, 3.05) is 16.0 Å². The van der Waals surface area contributed by atoms with Gasteiger partial charge in [-0.15, -0.1) is 11.3 Å². The number of nitrogens with one attached hydrogen (secondary N) is 4. The molecule has 0 spiro atoms. The van der Waals surface area contributed by atoms with Gasteiger partial charge in [0.25, 0.3) is 0 Å². The third-order valence-corrected chi connectivity index (χ3v) is 5.62. The molecule has 4 amide bonds. The van der Waals surface area contributed by atoms with Crippen molar-refractivity contribution in [1.82, 2.24) is 10.3 Å². The summed E-state index contributed by atoms with van der Waals surface area (Å²) in [5.41, 5.74) is 2.11. The van der Waals surface area contributed by atoms with Crippen molar-refractivity contribution in [3.63, 3.8) is 0 Å². The largest absolute Gasteiger partial charge is 0.335 e. The minimum absolute atomic E-state index is 0.125. The number of rotatable bonds is 7. The minimum atomic E-state index is -0.219. The molecule has 1 aliphatic rings. The summed E-state index contributed by atoms with van der Waals surface area (Å²) in [5.74, 6) is -0.268. The van der Waals surface area contributed by atoms with E-state index in [4.69, 9.17) is 0 Å². The van der Waals surface area contributed by atoms with Gasteiger partial charge in [-0.25, -0.2) is 9.78 Å². The van der Waals surface area contributed by atoms with Gasteiger partial charge < -0.3 is 16.0 Å². The SMILES string of the molecule is CC(=O)Nc1ccc(NC(=O)CCc2csc(NC(=O)NC3CCCCC3)n2)cc1. The zero-order chi connectivity index (χ0) is 21.3. The maximum absolute atomic E-state index is 12.2. The maximum Gasteiger partial charge on any atom is 0.321 e. The second-order valence-corrected chi connectivity index (χ2v) is 8.24. The van der Waals surface area contributed by atoms with E-state index >= 15 is 0 Å². The highest BCUT2D eigenvalue weighted by atomic mass is 32.1. The summed E-state index contributed by atoms with van der Waals surface area (Å²) in [4.78, 5) is 39.7. The molecule has 1 saturated carbocycles. The lowest BCUT2D eigenvalue weighted by Crippen LogP contribution is -2.38. The van der Waals surface area contributed by atoms with Gasteiger partial charge in [0, 0.05) is 36.1 Å². The Bertz CT molecular complexity index is 875. The quantitative estimate of drug-likeness (QED) is 0.530. The van der Waals surface area contributed by atoms with Crippen molar-refractivity contribution in [3.8, 4) is 0 Å². The Balaban J connectivity index is 1.40. The zero-order valence-electron chi connectivity index (χ0n) is 17.0. The van der Waals surface area contributed by atoms with Crippen LogP contribution in [0.1, 0.15) is 51.1 Å². The smallest absolute Gasteiger partial charge is 0.321 e. The number of aryl methyl sites for hydroxylation is 1. The highest BCUT2D eigenvalue weighted by Gasteiger charge is 2.16. The summed E-state index contributed by atoms with van der Waals surface area (Å²) in [6, 6.07) is 6.96. The van der Waals surface area contributed by atoms with Gasteiger partial charge in [0.1, 0.15) is 0 Å². The van der Waals surface area contributed by atoms with Crippen LogP contribution in [0, 0.1) is 0 Å². The van der Waals surface area contributed by atoms with Crippen molar-refractivity contribution in [2.45, 2.75) is 57.9 Å². The molecule has 0 saturated heterocycles. The molecular weight excluding hydrogens is 402 g/mol. The lowest BCUT2D eigenvalue weighted by Gasteiger charge is -2.22. The number of hydrogen-bond donors (Lipinski definition) is 4. The van der Waals surface area contributed by atoms with Crippen LogP contribution in [0.25, 0.3) is 0 Å². The van der Waals surface area contributed by atoms with E-state index < -0.39 is 0 Å². The summed E-state index contributed by atoms with van der Waals surface area (Å²) in [6.07, 6.45) is 6.39. The van der Waals surface area contributed by atoms with Gasteiger partial charge in [-0.1, -0.05) is 19.3 Å². The average molecular weight is 430 g/mol. The van der Waals surface area contributed by atoms with Crippen LogP contribution in [0.2, 0.25) is 0 Å². The van der Waals surface area contributed by atoms with Crippen LogP contribution in [-0.4, -0.2) is 28.9 Å². The first-order valence-electron chi connectivity index (χ1n) is 10.2. The summed E-state index contributed by atoms with van der Waals surface area (Å²) >= 11 is 1.35. The maximum atomic E-state index is 12.2. The average Bonchev–Trinajstić information content (AvgIpc) is 3.15. The molecule has 1 aromatic heterocycles. The fourth-order valence-electron chi connectivity index (χ4n) is 3.35. The van der Waals surface area contributed by atoms with Crippen LogP contribution in [0.5, 0.6) is 0 Å². The third-order valence-electron chi connectivity index (χ3n) is 4.81. The van der Waals surface area contributed by atoms with Gasteiger partial charge in [-0.2, -0.15) is 0 Å². The van der Waals surface area contributed by atoms with E-state index in [1.807, 2.05) is 5.38 Å². The number of carbonyl (C=O) groups is 3. The van der Waals surface area contributed by atoms with E-state index in [-0.39, 0.29) is 30.3 Å². The predicted octanol–water partition coefficient (Wildman–Crippen LogP) is 4.13. The van der Waals surface area contributed by atoms with Gasteiger partial charge in [-0.3, -0.25) is 14.9 Å². The Labute approximate surface area is 179 Å². The minimum Gasteiger partial charge on any atom is -0.335 e. The highest BCUT2D eigenvalue weighted by Crippen LogP contribution is 2.19. The van der Waals surface area contributed by atoms with Gasteiger partial charge in [0.2, 0.25) is 11.8 Å². The summed E-state index contributed by atoms with van der Waals surface area (Å²) in [6.45, 7) is 1.44. The molecule has 0 unspecified atom stereocenters. The van der Waals surface area contributed by atoms with Crippen molar-refractivity contribution in [1.29, 1.82) is 0 Å². The van der Waals surface area contributed by atoms with Crippen LogP contribution >= 0.6 is 11.3 Å². The second-order valence-electron chi connectivity index (χ2n) is 7.38. The zero-order valence-corrected chi connectivity index (χ0v) is 17.8. The Morgan fingerprint density at radius 2 is 1.67 bits per heavy atom. The van der Waals surface area contributed by atoms with Crippen LogP contribution in [-0.2, 0) is 16.0 Å². The van der Waals surface area contributed by atoms with E-state index in [1.54, 1.807) is 24.3 Å². The Morgan fingerprint density at radius 3 is 2.33 bits per heavy atom. The normalized spacial score (nSPS) is 14.0. The van der Waals surface area contributed by atoms with Crippen molar-refractivity contribution < 1.29 is 14.4 Å². The standard InChI is InChI=1S/C21H27N5O3S/c1-14(27)22-16-7-9-17(10-8-16)23-19(28)12-11-18-13-30-21(25-18)26-20(29)24-15-5-3-2-4-6-15/h7-10,13,15H,2-6,11-12H2,1H3,(H,22,27)(H,23,28)(H2,24,25,26,29). The molecule has 0 atom stereocenters. The first-order valence-corrected chi connectivity index (χ1v) is 11.1. The molecule has 1 aromatic carbocycles. The van der Waals surface area contributed by atoms with E-state index in [2.05, 4.69) is 26.3 Å². The second kappa shape index (κ2) is 10.7. The van der Waals surface area contributed by atoms with Crippen LogP contribution in [0.4, 0.5) is 21.3 Å². The number of hydrogen-bond acceptors (Lipinski definition) is 5. The molecular formula is C21H27N5O3S. The van der Waals surface area contributed by atoms with Gasteiger partial charge in [0.05, 0.1) is 5.69 Å². The van der Waals surface area contributed by atoms with Crippen LogP contribution in [0.3, 0.4) is 0 Å². The molecule has 1 fully saturated rings. The molecule has 4 N–H and O–H groups in total. The van der Waals surface area contributed by atoms with Crippen molar-refractivity contribution >= 4 is 45.7 Å². The topological polar surface area (TPSA) is 112 Å². The number of amides is 4. The molecule has 30 heavy (non-hydrogen) atoms. The lowest BCUT2D eigenvalue weighted by atomic mass is 9.96. The number of nitrogens with zero attached hydrogens (tertiary/aromatic N) is 1. The van der Waals surface area contributed by atoms with E-state index in [0.717, 1.165) is 31.4 Å². The van der Waals surface area contributed by atoms with Crippen molar-refractivity contribution in [3.05, 3.63) is 35.3 Å². The van der Waals surface area contributed by atoms with E-state index in [1.165, 1.54) is 24.7 Å². The molecule has 2 aromatic rings. The molecule has 3 rings (SSSR count). The first kappa shape index (κ1) is 21.8. The molecule has 8 nitrogen and oxygen atoms in total. The number of anilines is 3. The van der Waals surface area contributed by atoms with Crippen LogP contribution < -0.4 is 21.3 Å². The molecule has 9 heteroatoms. The molecule has 160 valence electrons. The third kappa shape index (κ3) is 7.14. The van der Waals surface area contributed by atoms with Gasteiger partial charge in [0.15, 0.2) is 5.13 Å². The Hall–Kier alpha value is -2.94. The molecule has 0 radical (unpaired) electrons. The fraction of sp³-hybridized carbons (Fsp3) is 0.429. The number of thiazole rings is 1. The van der Waals surface area contributed by atoms with Crippen molar-refractivity contribution in [2.24, 2.45) is 0 Å². The Kier molecular flexibility index (Phi) is 7.78. The molecule has 1 heterocycles. The number of urea groups is 1. The first-order chi connectivity index (χ1) is 14.5. The number of benzene rings is 1. The number of carbonyl (C=O) groups excluding carboxylic acids is 3. The molecule has 0 aliphatic heterocycles.